The first-order valence-electron chi connectivity index (χ1n) is 5.49. The van der Waals surface area contributed by atoms with E-state index >= 15 is 0 Å². The molecule has 1 aromatic rings. The fourth-order valence-electron chi connectivity index (χ4n) is 2.25. The maximum atomic E-state index is 5.84. The number of allylic oxidation sites excluding steroid dienone is 5. The van der Waals surface area contributed by atoms with Crippen molar-refractivity contribution in [1.82, 2.24) is 0 Å². The lowest BCUT2D eigenvalue weighted by atomic mass is 9.94. The molecule has 0 amide bonds. The van der Waals surface area contributed by atoms with E-state index in [2.05, 4.69) is 48.6 Å². The topological polar surface area (TPSA) is 26.0 Å². The molecule has 0 atom stereocenters. The van der Waals surface area contributed by atoms with Gasteiger partial charge in [-0.2, -0.15) is 0 Å². The Labute approximate surface area is 94.6 Å². The van der Waals surface area contributed by atoms with E-state index in [1.165, 1.54) is 21.6 Å². The minimum absolute atomic E-state index is 0.864. The molecule has 1 heteroatoms. The molecule has 0 aliphatic heterocycles. The van der Waals surface area contributed by atoms with Gasteiger partial charge in [-0.3, -0.25) is 0 Å². The van der Waals surface area contributed by atoms with E-state index in [1.54, 1.807) is 0 Å². The first-order valence-corrected chi connectivity index (χ1v) is 5.49. The number of hydrogen-bond donors (Lipinski definition) is 1. The summed E-state index contributed by atoms with van der Waals surface area (Å²) >= 11 is 0. The van der Waals surface area contributed by atoms with Crippen LogP contribution in [0.5, 0.6) is 0 Å². The highest BCUT2D eigenvalue weighted by Gasteiger charge is 2.09. The fourth-order valence-corrected chi connectivity index (χ4v) is 2.25. The Balaban J connectivity index is 2.39. The van der Waals surface area contributed by atoms with E-state index in [4.69, 9.17) is 5.73 Å². The molecule has 0 heterocycles. The van der Waals surface area contributed by atoms with Crippen LogP contribution in [0.2, 0.25) is 0 Å². The number of rotatable bonds is 0. The van der Waals surface area contributed by atoms with Gasteiger partial charge in [-0.15, -0.1) is 0 Å². The Kier molecular flexibility index (Phi) is 2.03. The highest BCUT2D eigenvalue weighted by molar-refractivity contribution is 5.75. The van der Waals surface area contributed by atoms with E-state index < -0.39 is 0 Å². The van der Waals surface area contributed by atoms with Gasteiger partial charge in [0, 0.05) is 5.70 Å². The zero-order chi connectivity index (χ0) is 11.0. The van der Waals surface area contributed by atoms with Crippen LogP contribution in [0.1, 0.15) is 6.42 Å². The molecule has 0 radical (unpaired) electrons. The predicted octanol–water partition coefficient (Wildman–Crippen LogP) is 1.36. The molecule has 1 aromatic carbocycles. The second-order valence-corrected chi connectivity index (χ2v) is 4.10. The maximum absolute atomic E-state index is 5.84. The third kappa shape index (κ3) is 1.41. The summed E-state index contributed by atoms with van der Waals surface area (Å²) < 4.78 is 0. The molecule has 16 heavy (non-hydrogen) atoms. The van der Waals surface area contributed by atoms with E-state index in [-0.39, 0.29) is 0 Å². The molecule has 0 fully saturated rings. The number of nitrogens with two attached hydrogens (primary N) is 1. The van der Waals surface area contributed by atoms with Crippen molar-refractivity contribution in [3.63, 3.8) is 0 Å². The van der Waals surface area contributed by atoms with Crippen molar-refractivity contribution in [2.75, 3.05) is 0 Å². The molecule has 0 saturated heterocycles. The second-order valence-electron chi connectivity index (χ2n) is 4.10. The van der Waals surface area contributed by atoms with Crippen molar-refractivity contribution < 1.29 is 0 Å². The molecule has 0 spiro atoms. The van der Waals surface area contributed by atoms with Crippen molar-refractivity contribution in [3.8, 4) is 0 Å². The molecule has 0 aromatic heterocycles. The Morgan fingerprint density at radius 1 is 1.12 bits per heavy atom. The fraction of sp³-hybridized carbons (Fsp3) is 0.0667. The van der Waals surface area contributed by atoms with Gasteiger partial charge in [-0.05, 0) is 34.1 Å². The highest BCUT2D eigenvalue weighted by Crippen LogP contribution is 2.23. The lowest BCUT2D eigenvalue weighted by Crippen LogP contribution is -2.26. The minimum atomic E-state index is 0.864. The van der Waals surface area contributed by atoms with Gasteiger partial charge in [-0.1, -0.05) is 48.6 Å². The third-order valence-corrected chi connectivity index (χ3v) is 3.05. The predicted molar refractivity (Wildman–Crippen MR) is 67.7 cm³/mol. The molecule has 2 N–H and O–H groups in total. The first kappa shape index (κ1) is 9.22. The summed E-state index contributed by atoms with van der Waals surface area (Å²) in [5, 5.41) is 2.61. The van der Waals surface area contributed by atoms with E-state index in [0.717, 1.165) is 12.1 Å². The zero-order valence-corrected chi connectivity index (χ0v) is 8.98. The SMILES string of the molecule is NC1=CCC2=c3ccccc3=CC=CC2=C1. The van der Waals surface area contributed by atoms with Gasteiger partial charge in [0.25, 0.3) is 0 Å². The molecule has 1 nitrogen and oxygen atoms in total. The molecule has 0 bridgehead atoms. The van der Waals surface area contributed by atoms with Gasteiger partial charge < -0.3 is 5.73 Å². The third-order valence-electron chi connectivity index (χ3n) is 3.05. The van der Waals surface area contributed by atoms with Crippen LogP contribution in [0.15, 0.2) is 59.8 Å². The van der Waals surface area contributed by atoms with Crippen molar-refractivity contribution in [2.45, 2.75) is 6.42 Å². The Bertz CT molecular complexity index is 642. The highest BCUT2D eigenvalue weighted by atomic mass is 14.6. The van der Waals surface area contributed by atoms with Crippen LogP contribution in [0, 0.1) is 0 Å². The summed E-state index contributed by atoms with van der Waals surface area (Å²) in [5.41, 5.74) is 9.31. The van der Waals surface area contributed by atoms with Gasteiger partial charge >= 0.3 is 0 Å². The van der Waals surface area contributed by atoms with E-state index in [0.29, 0.717) is 0 Å². The molecule has 2 aliphatic rings. The minimum Gasteiger partial charge on any atom is -0.399 e. The molecule has 2 aliphatic carbocycles. The van der Waals surface area contributed by atoms with Crippen molar-refractivity contribution in [2.24, 2.45) is 5.73 Å². The van der Waals surface area contributed by atoms with Crippen LogP contribution >= 0.6 is 0 Å². The van der Waals surface area contributed by atoms with Gasteiger partial charge in [0.15, 0.2) is 0 Å². The Morgan fingerprint density at radius 3 is 2.94 bits per heavy atom. The summed E-state index contributed by atoms with van der Waals surface area (Å²) in [6.45, 7) is 0. The molecule has 0 saturated carbocycles. The summed E-state index contributed by atoms with van der Waals surface area (Å²) in [5.74, 6) is 0. The van der Waals surface area contributed by atoms with Crippen LogP contribution in [0.4, 0.5) is 0 Å². The monoisotopic (exact) mass is 207 g/mol. The average molecular weight is 207 g/mol. The van der Waals surface area contributed by atoms with Crippen LogP contribution < -0.4 is 16.2 Å². The van der Waals surface area contributed by atoms with Crippen molar-refractivity contribution in [1.29, 1.82) is 0 Å². The molecule has 3 rings (SSSR count). The number of hydrogen-bond acceptors (Lipinski definition) is 1. The first-order chi connectivity index (χ1) is 7.84. The lowest BCUT2D eigenvalue weighted by molar-refractivity contribution is 1.24. The van der Waals surface area contributed by atoms with Crippen LogP contribution in [-0.2, 0) is 0 Å². The largest absolute Gasteiger partial charge is 0.399 e. The molecule has 78 valence electrons. The van der Waals surface area contributed by atoms with Gasteiger partial charge in [0.1, 0.15) is 0 Å². The van der Waals surface area contributed by atoms with Gasteiger partial charge in [-0.25, -0.2) is 0 Å². The van der Waals surface area contributed by atoms with E-state index in [1.807, 2.05) is 6.08 Å². The summed E-state index contributed by atoms with van der Waals surface area (Å²) in [7, 11) is 0. The standard InChI is InChI=1S/C15H13N/c16-13-8-9-15-12(10-13)6-3-5-11-4-1-2-7-14(11)15/h1-8,10H,9,16H2. The average Bonchev–Trinajstić information content (AvgIpc) is 2.47. The van der Waals surface area contributed by atoms with E-state index in [9.17, 15) is 0 Å². The maximum Gasteiger partial charge on any atom is 0.0282 e. The lowest BCUT2D eigenvalue weighted by Gasteiger charge is -2.12. The normalized spacial score (nSPS) is 17.6. The molecular weight excluding hydrogens is 194 g/mol. The second kappa shape index (κ2) is 3.53. The summed E-state index contributed by atoms with van der Waals surface area (Å²) in [6, 6.07) is 8.49. The van der Waals surface area contributed by atoms with Crippen molar-refractivity contribution >= 4 is 11.6 Å². The summed E-state index contributed by atoms with van der Waals surface area (Å²) in [6.07, 6.45) is 11.4. The zero-order valence-electron chi connectivity index (χ0n) is 8.98. The number of fused-ring (bicyclic) bond motifs is 2. The Morgan fingerprint density at radius 2 is 2.00 bits per heavy atom. The molecular formula is C15H13N. The Hall–Kier alpha value is -2.02. The smallest absolute Gasteiger partial charge is 0.0282 e. The number of benzene rings is 1. The van der Waals surface area contributed by atoms with Crippen LogP contribution in [0.3, 0.4) is 0 Å². The van der Waals surface area contributed by atoms with Crippen molar-refractivity contribution in [3.05, 3.63) is 70.3 Å². The van der Waals surface area contributed by atoms with Gasteiger partial charge in [0.05, 0.1) is 0 Å². The quantitative estimate of drug-likeness (QED) is 0.683. The van der Waals surface area contributed by atoms with Crippen LogP contribution in [-0.4, -0.2) is 0 Å². The van der Waals surface area contributed by atoms with Gasteiger partial charge in [0.2, 0.25) is 0 Å². The molecule has 0 unspecified atom stereocenters. The van der Waals surface area contributed by atoms with Crippen LogP contribution in [0.25, 0.3) is 11.6 Å². The summed E-state index contributed by atoms with van der Waals surface area (Å²) in [4.78, 5) is 0.